The van der Waals surface area contributed by atoms with Gasteiger partial charge in [-0.25, -0.2) is 4.79 Å². The van der Waals surface area contributed by atoms with E-state index >= 15 is 0 Å². The third kappa shape index (κ3) is 4.24. The molecule has 104 valence electrons. The maximum atomic E-state index is 11.8. The summed E-state index contributed by atoms with van der Waals surface area (Å²) >= 11 is 5.81. The van der Waals surface area contributed by atoms with Gasteiger partial charge in [0.25, 0.3) is 0 Å². The van der Waals surface area contributed by atoms with Crippen LogP contribution in [0, 0.1) is 0 Å². The van der Waals surface area contributed by atoms with Gasteiger partial charge in [0.1, 0.15) is 0 Å². The molecular formula is C15H16ClN3O. The molecule has 0 fully saturated rings. The summed E-state index contributed by atoms with van der Waals surface area (Å²) in [5.41, 5.74) is 1.97. The van der Waals surface area contributed by atoms with E-state index in [0.717, 1.165) is 11.1 Å². The maximum absolute atomic E-state index is 11.8. The Labute approximate surface area is 123 Å². The first-order valence-corrected chi connectivity index (χ1v) is 6.71. The van der Waals surface area contributed by atoms with E-state index in [1.54, 1.807) is 24.5 Å². The lowest BCUT2D eigenvalue weighted by molar-refractivity contribution is 0.237. The lowest BCUT2D eigenvalue weighted by Gasteiger charge is -2.14. The third-order valence-corrected chi connectivity index (χ3v) is 3.15. The number of hydrogen-bond acceptors (Lipinski definition) is 2. The molecule has 0 saturated heterocycles. The highest BCUT2D eigenvalue weighted by Gasteiger charge is 2.08. The fourth-order valence-electron chi connectivity index (χ4n) is 1.75. The number of rotatable bonds is 4. The number of nitrogens with zero attached hydrogens (tertiary/aromatic N) is 1. The Bertz CT molecular complexity index is 557. The van der Waals surface area contributed by atoms with Gasteiger partial charge in [-0.1, -0.05) is 29.8 Å². The first kappa shape index (κ1) is 14.3. The van der Waals surface area contributed by atoms with Crippen LogP contribution in [0.25, 0.3) is 0 Å². The Morgan fingerprint density at radius 1 is 1.30 bits per heavy atom. The van der Waals surface area contributed by atoms with Crippen molar-refractivity contribution in [2.24, 2.45) is 0 Å². The van der Waals surface area contributed by atoms with Gasteiger partial charge in [-0.05, 0) is 36.2 Å². The van der Waals surface area contributed by atoms with E-state index in [4.69, 9.17) is 11.6 Å². The molecule has 0 aliphatic rings. The molecule has 1 atom stereocenters. The molecule has 2 rings (SSSR count). The summed E-state index contributed by atoms with van der Waals surface area (Å²) in [7, 11) is 0. The van der Waals surface area contributed by atoms with Crippen LogP contribution in [0.1, 0.15) is 24.1 Å². The molecule has 0 bridgehead atoms. The monoisotopic (exact) mass is 289 g/mol. The van der Waals surface area contributed by atoms with Crippen LogP contribution < -0.4 is 10.6 Å². The number of urea groups is 1. The summed E-state index contributed by atoms with van der Waals surface area (Å²) in [6, 6.07) is 10.8. The number of carbonyl (C=O) groups excluding carboxylic acids is 1. The van der Waals surface area contributed by atoms with Crippen molar-refractivity contribution in [2.45, 2.75) is 19.5 Å². The predicted octanol–water partition coefficient (Wildman–Crippen LogP) is 3.30. The molecule has 1 unspecified atom stereocenters. The molecular weight excluding hydrogens is 274 g/mol. The number of hydrogen-bond donors (Lipinski definition) is 2. The van der Waals surface area contributed by atoms with E-state index in [-0.39, 0.29) is 12.1 Å². The molecule has 4 nitrogen and oxygen atoms in total. The Morgan fingerprint density at radius 2 is 2.05 bits per heavy atom. The second-order valence-corrected chi connectivity index (χ2v) is 4.90. The van der Waals surface area contributed by atoms with E-state index in [0.29, 0.717) is 11.6 Å². The zero-order valence-electron chi connectivity index (χ0n) is 11.1. The molecule has 0 aliphatic carbocycles. The molecule has 5 heteroatoms. The van der Waals surface area contributed by atoms with Gasteiger partial charge >= 0.3 is 6.03 Å². The van der Waals surface area contributed by atoms with E-state index in [1.165, 1.54) is 0 Å². The lowest BCUT2D eigenvalue weighted by atomic mass is 10.1. The number of pyridine rings is 1. The van der Waals surface area contributed by atoms with Crippen molar-refractivity contribution < 1.29 is 4.79 Å². The third-order valence-electron chi connectivity index (χ3n) is 2.90. The SMILES string of the molecule is CC(NC(=O)NCc1ccc(Cl)cc1)c1cccnc1. The first-order valence-electron chi connectivity index (χ1n) is 6.34. The topological polar surface area (TPSA) is 54.0 Å². The molecule has 0 aliphatic heterocycles. The largest absolute Gasteiger partial charge is 0.334 e. The minimum absolute atomic E-state index is 0.0890. The van der Waals surface area contributed by atoms with Crippen molar-refractivity contribution in [3.8, 4) is 0 Å². The van der Waals surface area contributed by atoms with Crippen LogP contribution >= 0.6 is 11.6 Å². The number of nitrogens with one attached hydrogen (secondary N) is 2. The molecule has 0 spiro atoms. The highest BCUT2D eigenvalue weighted by atomic mass is 35.5. The molecule has 2 N–H and O–H groups in total. The Hall–Kier alpha value is -2.07. The van der Waals surface area contributed by atoms with Gasteiger partial charge in [-0.2, -0.15) is 0 Å². The Morgan fingerprint density at radius 3 is 2.70 bits per heavy atom. The molecule has 20 heavy (non-hydrogen) atoms. The molecule has 1 heterocycles. The van der Waals surface area contributed by atoms with Crippen LogP contribution in [-0.4, -0.2) is 11.0 Å². The number of carbonyl (C=O) groups is 1. The zero-order chi connectivity index (χ0) is 14.4. The van der Waals surface area contributed by atoms with Crippen molar-refractivity contribution in [1.29, 1.82) is 0 Å². The summed E-state index contributed by atoms with van der Waals surface area (Å²) in [5.74, 6) is 0. The second-order valence-electron chi connectivity index (χ2n) is 4.46. The molecule has 1 aromatic carbocycles. The average Bonchev–Trinajstić information content (AvgIpc) is 2.47. The normalized spacial score (nSPS) is 11.7. The minimum Gasteiger partial charge on any atom is -0.334 e. The van der Waals surface area contributed by atoms with Crippen molar-refractivity contribution in [2.75, 3.05) is 0 Å². The van der Waals surface area contributed by atoms with Crippen LogP contribution in [0.3, 0.4) is 0 Å². The number of halogens is 1. The average molecular weight is 290 g/mol. The van der Waals surface area contributed by atoms with E-state index in [1.807, 2.05) is 31.2 Å². The summed E-state index contributed by atoms with van der Waals surface area (Å²) in [6.45, 7) is 2.38. The fraction of sp³-hybridized carbons (Fsp3) is 0.200. The predicted molar refractivity (Wildman–Crippen MR) is 79.5 cm³/mol. The van der Waals surface area contributed by atoms with Crippen molar-refractivity contribution in [1.82, 2.24) is 15.6 Å². The molecule has 2 aromatic rings. The van der Waals surface area contributed by atoms with Crippen molar-refractivity contribution in [3.63, 3.8) is 0 Å². The highest BCUT2D eigenvalue weighted by Crippen LogP contribution is 2.10. The number of benzene rings is 1. The highest BCUT2D eigenvalue weighted by molar-refractivity contribution is 6.30. The van der Waals surface area contributed by atoms with Crippen LogP contribution in [0.15, 0.2) is 48.8 Å². The van der Waals surface area contributed by atoms with Crippen molar-refractivity contribution >= 4 is 17.6 Å². The maximum Gasteiger partial charge on any atom is 0.315 e. The van der Waals surface area contributed by atoms with Gasteiger partial charge in [-0.3, -0.25) is 4.98 Å². The fourth-order valence-corrected chi connectivity index (χ4v) is 1.87. The first-order chi connectivity index (χ1) is 9.65. The summed E-state index contributed by atoms with van der Waals surface area (Å²) in [5, 5.41) is 6.35. The molecule has 0 radical (unpaired) electrons. The quantitative estimate of drug-likeness (QED) is 0.907. The van der Waals surface area contributed by atoms with E-state index in [2.05, 4.69) is 15.6 Å². The number of aromatic nitrogens is 1. The Balaban J connectivity index is 1.82. The van der Waals surface area contributed by atoms with Gasteiger partial charge < -0.3 is 10.6 Å². The number of amides is 2. The van der Waals surface area contributed by atoms with E-state index < -0.39 is 0 Å². The van der Waals surface area contributed by atoms with Crippen LogP contribution in [-0.2, 0) is 6.54 Å². The van der Waals surface area contributed by atoms with Gasteiger partial charge in [0, 0.05) is 24.0 Å². The molecule has 2 amide bonds. The van der Waals surface area contributed by atoms with Gasteiger partial charge in [0.05, 0.1) is 6.04 Å². The minimum atomic E-state index is -0.212. The van der Waals surface area contributed by atoms with Crippen molar-refractivity contribution in [3.05, 3.63) is 64.9 Å². The summed E-state index contributed by atoms with van der Waals surface area (Å²) in [6.07, 6.45) is 3.45. The molecule has 1 aromatic heterocycles. The summed E-state index contributed by atoms with van der Waals surface area (Å²) in [4.78, 5) is 15.8. The van der Waals surface area contributed by atoms with Crippen LogP contribution in [0.2, 0.25) is 5.02 Å². The van der Waals surface area contributed by atoms with Gasteiger partial charge in [-0.15, -0.1) is 0 Å². The standard InChI is InChI=1S/C15H16ClN3O/c1-11(13-3-2-8-17-10-13)19-15(20)18-9-12-4-6-14(16)7-5-12/h2-8,10-11H,9H2,1H3,(H2,18,19,20). The van der Waals surface area contributed by atoms with Gasteiger partial charge in [0.2, 0.25) is 0 Å². The van der Waals surface area contributed by atoms with Crippen LogP contribution in [0.5, 0.6) is 0 Å². The zero-order valence-corrected chi connectivity index (χ0v) is 11.9. The summed E-state index contributed by atoms with van der Waals surface area (Å²) < 4.78 is 0. The molecule has 0 saturated carbocycles. The van der Waals surface area contributed by atoms with Gasteiger partial charge in [0.15, 0.2) is 0 Å². The second kappa shape index (κ2) is 6.91. The van der Waals surface area contributed by atoms with Crippen LogP contribution in [0.4, 0.5) is 4.79 Å². The lowest BCUT2D eigenvalue weighted by Crippen LogP contribution is -2.36. The Kier molecular flexibility index (Phi) is 4.96. The smallest absolute Gasteiger partial charge is 0.315 e. The van der Waals surface area contributed by atoms with E-state index in [9.17, 15) is 4.79 Å².